The minimum absolute atomic E-state index is 0.204. The summed E-state index contributed by atoms with van der Waals surface area (Å²) in [6, 6.07) is 8.74. The molecule has 0 radical (unpaired) electrons. The Labute approximate surface area is 157 Å². The molecule has 0 saturated carbocycles. The molecule has 1 unspecified atom stereocenters. The summed E-state index contributed by atoms with van der Waals surface area (Å²) in [5.41, 5.74) is 3.42. The minimum atomic E-state index is -0.963. The number of fused-ring (bicyclic) bond motifs is 1. The van der Waals surface area contributed by atoms with Crippen molar-refractivity contribution in [1.82, 2.24) is 10.6 Å². The zero-order chi connectivity index (χ0) is 19.4. The first kappa shape index (κ1) is 19.0. The van der Waals surface area contributed by atoms with E-state index in [4.69, 9.17) is 0 Å². The first-order valence-corrected chi connectivity index (χ1v) is 9.08. The van der Waals surface area contributed by atoms with E-state index in [-0.39, 0.29) is 24.1 Å². The molecule has 2 aromatic rings. The number of nitrogens with one attached hydrogen (secondary N) is 2. The van der Waals surface area contributed by atoms with Crippen molar-refractivity contribution >= 4 is 11.8 Å². The number of amides is 2. The van der Waals surface area contributed by atoms with E-state index in [2.05, 4.69) is 22.8 Å². The zero-order valence-corrected chi connectivity index (χ0v) is 15.1. The highest BCUT2D eigenvalue weighted by Gasteiger charge is 2.16. The van der Waals surface area contributed by atoms with E-state index in [1.807, 2.05) is 13.0 Å². The molecule has 1 aliphatic rings. The maximum atomic E-state index is 13.6. The Morgan fingerprint density at radius 3 is 2.52 bits per heavy atom. The third-order valence-corrected chi connectivity index (χ3v) is 4.84. The summed E-state index contributed by atoms with van der Waals surface area (Å²) in [5.74, 6) is -2.86. The molecule has 6 heteroatoms. The van der Waals surface area contributed by atoms with Crippen molar-refractivity contribution in [2.45, 2.75) is 38.6 Å². The van der Waals surface area contributed by atoms with Gasteiger partial charge in [-0.1, -0.05) is 18.2 Å². The Hall–Kier alpha value is -2.76. The van der Waals surface area contributed by atoms with Crippen LogP contribution in [0.3, 0.4) is 0 Å². The largest absolute Gasteiger partial charge is 0.348 e. The number of benzene rings is 2. The van der Waals surface area contributed by atoms with Gasteiger partial charge >= 0.3 is 0 Å². The molecule has 0 heterocycles. The summed E-state index contributed by atoms with van der Waals surface area (Å²) < 4.78 is 26.5. The fourth-order valence-corrected chi connectivity index (χ4v) is 3.33. The monoisotopic (exact) mass is 372 g/mol. The first-order valence-electron chi connectivity index (χ1n) is 9.08. The van der Waals surface area contributed by atoms with Crippen molar-refractivity contribution in [3.8, 4) is 0 Å². The second kappa shape index (κ2) is 8.29. The van der Waals surface area contributed by atoms with Gasteiger partial charge in [0.15, 0.2) is 0 Å². The molecule has 27 heavy (non-hydrogen) atoms. The maximum absolute atomic E-state index is 13.6. The first-order chi connectivity index (χ1) is 12.9. The van der Waals surface area contributed by atoms with Crippen LogP contribution in [0.2, 0.25) is 0 Å². The number of halogens is 2. The molecule has 3 rings (SSSR count). The van der Waals surface area contributed by atoms with Gasteiger partial charge in [0, 0.05) is 6.07 Å². The molecule has 0 spiro atoms. The maximum Gasteiger partial charge on any atom is 0.254 e. The summed E-state index contributed by atoms with van der Waals surface area (Å²) in [5, 5.41) is 5.18. The zero-order valence-electron chi connectivity index (χ0n) is 15.1. The molecule has 2 amide bonds. The van der Waals surface area contributed by atoms with Crippen molar-refractivity contribution in [3.63, 3.8) is 0 Å². The molecule has 2 N–H and O–H groups in total. The van der Waals surface area contributed by atoms with Gasteiger partial charge in [-0.05, 0) is 61.4 Å². The van der Waals surface area contributed by atoms with E-state index in [0.29, 0.717) is 6.07 Å². The smallest absolute Gasteiger partial charge is 0.254 e. The number of carbonyl (C=O) groups excluding carboxylic acids is 2. The molecule has 0 aromatic heterocycles. The number of aryl methyl sites for hydroxylation is 2. The predicted molar refractivity (Wildman–Crippen MR) is 98.3 cm³/mol. The van der Waals surface area contributed by atoms with E-state index in [9.17, 15) is 18.4 Å². The van der Waals surface area contributed by atoms with Crippen LogP contribution in [0.15, 0.2) is 36.4 Å². The van der Waals surface area contributed by atoms with Gasteiger partial charge < -0.3 is 10.6 Å². The topological polar surface area (TPSA) is 58.2 Å². The van der Waals surface area contributed by atoms with Gasteiger partial charge in [0.25, 0.3) is 5.91 Å². The van der Waals surface area contributed by atoms with Gasteiger partial charge in [0.2, 0.25) is 5.91 Å². The van der Waals surface area contributed by atoms with Gasteiger partial charge in [-0.2, -0.15) is 0 Å². The highest BCUT2D eigenvalue weighted by atomic mass is 19.1. The second-order valence-electron chi connectivity index (χ2n) is 6.83. The van der Waals surface area contributed by atoms with Crippen molar-refractivity contribution in [2.75, 3.05) is 6.54 Å². The van der Waals surface area contributed by atoms with Gasteiger partial charge in [-0.15, -0.1) is 0 Å². The molecule has 0 saturated heterocycles. The second-order valence-corrected chi connectivity index (χ2v) is 6.83. The van der Waals surface area contributed by atoms with Crippen molar-refractivity contribution in [1.29, 1.82) is 0 Å². The van der Waals surface area contributed by atoms with Crippen LogP contribution in [0.1, 0.15) is 52.9 Å². The van der Waals surface area contributed by atoms with Crippen molar-refractivity contribution < 1.29 is 18.4 Å². The number of hydrogen-bond acceptors (Lipinski definition) is 2. The van der Waals surface area contributed by atoms with Crippen LogP contribution in [0, 0.1) is 11.6 Å². The standard InChI is InChI=1S/C21H22F2N2O2/c1-13(15-7-6-14-4-2-3-5-16(14)10-15)25-20(26)12-24-21(27)18-9-8-17(22)11-19(18)23/h6-11,13H,2-5,12H2,1H3,(H,24,27)(H,25,26). The molecule has 2 aromatic carbocycles. The van der Waals surface area contributed by atoms with Crippen LogP contribution in [0.25, 0.3) is 0 Å². The summed E-state index contributed by atoms with van der Waals surface area (Å²) in [6.07, 6.45) is 4.56. The van der Waals surface area contributed by atoms with E-state index >= 15 is 0 Å². The average molecular weight is 372 g/mol. The summed E-state index contributed by atoms with van der Waals surface area (Å²) >= 11 is 0. The van der Waals surface area contributed by atoms with Gasteiger partial charge in [-0.25, -0.2) is 8.78 Å². The molecule has 0 fully saturated rings. The van der Waals surface area contributed by atoms with Gasteiger partial charge in [-0.3, -0.25) is 9.59 Å². The van der Waals surface area contributed by atoms with E-state index in [1.165, 1.54) is 24.0 Å². The fourth-order valence-electron chi connectivity index (χ4n) is 3.33. The van der Waals surface area contributed by atoms with Crippen LogP contribution in [-0.2, 0) is 17.6 Å². The number of rotatable bonds is 5. The Morgan fingerprint density at radius 2 is 1.78 bits per heavy atom. The Kier molecular flexibility index (Phi) is 5.84. The lowest BCUT2D eigenvalue weighted by molar-refractivity contribution is -0.120. The van der Waals surface area contributed by atoms with Crippen LogP contribution in [-0.4, -0.2) is 18.4 Å². The Morgan fingerprint density at radius 1 is 1.04 bits per heavy atom. The predicted octanol–water partition coefficient (Wildman–Crippen LogP) is 3.45. The molecule has 1 atom stereocenters. The SMILES string of the molecule is CC(NC(=O)CNC(=O)c1ccc(F)cc1F)c1ccc2c(c1)CCCC2. The minimum Gasteiger partial charge on any atom is -0.348 e. The van der Waals surface area contributed by atoms with Crippen molar-refractivity contribution in [2.24, 2.45) is 0 Å². The van der Waals surface area contributed by atoms with E-state index < -0.39 is 17.5 Å². The van der Waals surface area contributed by atoms with E-state index in [0.717, 1.165) is 30.5 Å². The molecule has 1 aliphatic carbocycles. The molecule has 0 bridgehead atoms. The number of hydrogen-bond donors (Lipinski definition) is 2. The highest BCUT2D eigenvalue weighted by Crippen LogP contribution is 2.24. The van der Waals surface area contributed by atoms with Gasteiger partial charge in [0.05, 0.1) is 18.2 Å². The third kappa shape index (κ3) is 4.70. The Balaban J connectivity index is 1.55. The molecule has 0 aliphatic heterocycles. The summed E-state index contributed by atoms with van der Waals surface area (Å²) in [4.78, 5) is 24.1. The molecular weight excluding hydrogens is 350 g/mol. The summed E-state index contributed by atoms with van der Waals surface area (Å²) in [7, 11) is 0. The normalized spacial score (nSPS) is 14.2. The highest BCUT2D eigenvalue weighted by molar-refractivity contribution is 5.96. The lowest BCUT2D eigenvalue weighted by Crippen LogP contribution is -2.38. The lowest BCUT2D eigenvalue weighted by Gasteiger charge is -2.20. The quantitative estimate of drug-likeness (QED) is 0.845. The van der Waals surface area contributed by atoms with Crippen LogP contribution in [0.4, 0.5) is 8.78 Å². The van der Waals surface area contributed by atoms with E-state index in [1.54, 1.807) is 0 Å². The fraction of sp³-hybridized carbons (Fsp3) is 0.333. The lowest BCUT2D eigenvalue weighted by atomic mass is 9.89. The Bertz CT molecular complexity index is 867. The van der Waals surface area contributed by atoms with Crippen LogP contribution >= 0.6 is 0 Å². The number of carbonyl (C=O) groups is 2. The molecule has 142 valence electrons. The molecule has 4 nitrogen and oxygen atoms in total. The van der Waals surface area contributed by atoms with Crippen molar-refractivity contribution in [3.05, 3.63) is 70.3 Å². The molecular formula is C21H22F2N2O2. The summed E-state index contributed by atoms with van der Waals surface area (Å²) in [6.45, 7) is 1.59. The van der Waals surface area contributed by atoms with Gasteiger partial charge in [0.1, 0.15) is 11.6 Å². The average Bonchev–Trinajstić information content (AvgIpc) is 2.65. The van der Waals surface area contributed by atoms with Crippen LogP contribution in [0.5, 0.6) is 0 Å². The van der Waals surface area contributed by atoms with Crippen LogP contribution < -0.4 is 10.6 Å². The third-order valence-electron chi connectivity index (χ3n) is 4.84.